The first-order chi connectivity index (χ1) is 8.43. The Morgan fingerprint density at radius 3 is 2.72 bits per heavy atom. The average molecular weight is 335 g/mol. The van der Waals surface area contributed by atoms with Crippen LogP contribution in [0.25, 0.3) is 0 Å². The zero-order valence-corrected chi connectivity index (χ0v) is 12.0. The molecule has 1 atom stereocenters. The molecule has 98 valence electrons. The highest BCUT2D eigenvalue weighted by Crippen LogP contribution is 2.23. The minimum Gasteiger partial charge on any atom is -0.344 e. The van der Waals surface area contributed by atoms with E-state index in [1.54, 1.807) is 0 Å². The van der Waals surface area contributed by atoms with Crippen molar-refractivity contribution in [2.75, 3.05) is 11.1 Å². The largest absolute Gasteiger partial charge is 0.344 e. The monoisotopic (exact) mass is 334 g/mol. The number of hydrogen-bond donors (Lipinski definition) is 3. The van der Waals surface area contributed by atoms with Gasteiger partial charge in [-0.05, 0) is 34.1 Å². The molecular formula is C11H12BrFN2O2S. The third-order valence-corrected chi connectivity index (χ3v) is 3.12. The Bertz CT molecular complexity index is 470. The van der Waals surface area contributed by atoms with Gasteiger partial charge < -0.3 is 10.6 Å². The second-order valence-corrected chi connectivity index (χ2v) is 4.77. The molecule has 0 bridgehead atoms. The van der Waals surface area contributed by atoms with Gasteiger partial charge in [0.2, 0.25) is 11.8 Å². The van der Waals surface area contributed by atoms with Crippen molar-refractivity contribution in [3.8, 4) is 0 Å². The van der Waals surface area contributed by atoms with E-state index in [-0.39, 0.29) is 11.7 Å². The molecule has 0 aliphatic carbocycles. The number of hydrogen-bond acceptors (Lipinski definition) is 3. The van der Waals surface area contributed by atoms with E-state index in [4.69, 9.17) is 0 Å². The molecule has 1 aromatic carbocycles. The first-order valence-corrected chi connectivity index (χ1v) is 6.50. The van der Waals surface area contributed by atoms with E-state index in [9.17, 15) is 14.0 Å². The lowest BCUT2D eigenvalue weighted by Gasteiger charge is -2.16. The Labute approximate surface area is 118 Å². The predicted octanol–water partition coefficient (Wildman–Crippen LogP) is 1.96. The number of amides is 2. The summed E-state index contributed by atoms with van der Waals surface area (Å²) in [5, 5.41) is 4.97. The molecule has 2 amide bonds. The number of carbonyl (C=O) groups is 2. The van der Waals surface area contributed by atoms with Crippen LogP contribution in [0.5, 0.6) is 0 Å². The summed E-state index contributed by atoms with van der Waals surface area (Å²) in [5.74, 6) is -1.09. The van der Waals surface area contributed by atoms with Crippen LogP contribution in [0.1, 0.15) is 6.92 Å². The highest BCUT2D eigenvalue weighted by atomic mass is 79.9. The Morgan fingerprint density at radius 2 is 2.17 bits per heavy atom. The van der Waals surface area contributed by atoms with E-state index in [0.717, 1.165) is 0 Å². The second-order valence-electron chi connectivity index (χ2n) is 3.55. The first kappa shape index (κ1) is 15.0. The molecule has 0 fully saturated rings. The minimum absolute atomic E-state index is 0.151. The Hall–Kier alpha value is -1.08. The maximum absolute atomic E-state index is 13.0. The van der Waals surface area contributed by atoms with E-state index in [2.05, 4.69) is 39.2 Å². The van der Waals surface area contributed by atoms with Gasteiger partial charge in [-0.2, -0.15) is 12.6 Å². The topological polar surface area (TPSA) is 58.2 Å². The highest BCUT2D eigenvalue weighted by Gasteiger charge is 2.18. The molecule has 0 aromatic heterocycles. The van der Waals surface area contributed by atoms with Crippen LogP contribution in [0, 0.1) is 5.82 Å². The number of benzene rings is 1. The third-order valence-electron chi connectivity index (χ3n) is 2.06. The van der Waals surface area contributed by atoms with E-state index in [1.165, 1.54) is 25.1 Å². The number of thiol groups is 1. The lowest BCUT2D eigenvalue weighted by Crippen LogP contribution is -2.44. The SMILES string of the molecule is CC(=O)NC(CS)C(=O)Nc1cc(F)ccc1Br. The molecule has 4 nitrogen and oxygen atoms in total. The van der Waals surface area contributed by atoms with Crippen molar-refractivity contribution in [3.05, 3.63) is 28.5 Å². The van der Waals surface area contributed by atoms with Crippen LogP contribution in [0.4, 0.5) is 10.1 Å². The molecule has 0 saturated heterocycles. The molecule has 0 aliphatic rings. The number of rotatable bonds is 4. The van der Waals surface area contributed by atoms with Gasteiger partial charge in [-0.3, -0.25) is 9.59 Å². The smallest absolute Gasteiger partial charge is 0.247 e. The van der Waals surface area contributed by atoms with E-state index >= 15 is 0 Å². The summed E-state index contributed by atoms with van der Waals surface area (Å²) in [4.78, 5) is 22.7. The van der Waals surface area contributed by atoms with Crippen LogP contribution in [0.2, 0.25) is 0 Å². The molecule has 0 aliphatic heterocycles. The normalized spacial score (nSPS) is 11.8. The number of halogens is 2. The summed E-state index contributed by atoms with van der Waals surface area (Å²) >= 11 is 7.17. The number of nitrogens with one attached hydrogen (secondary N) is 2. The molecule has 0 heterocycles. The van der Waals surface area contributed by atoms with Gasteiger partial charge in [-0.15, -0.1) is 0 Å². The highest BCUT2D eigenvalue weighted by molar-refractivity contribution is 9.10. The van der Waals surface area contributed by atoms with E-state index < -0.39 is 17.8 Å². The Morgan fingerprint density at radius 1 is 1.50 bits per heavy atom. The van der Waals surface area contributed by atoms with E-state index in [1.807, 2.05) is 0 Å². The van der Waals surface area contributed by atoms with Crippen LogP contribution in [-0.4, -0.2) is 23.6 Å². The van der Waals surface area contributed by atoms with Crippen molar-refractivity contribution >= 4 is 46.1 Å². The van der Waals surface area contributed by atoms with Crippen LogP contribution in [-0.2, 0) is 9.59 Å². The fourth-order valence-electron chi connectivity index (χ4n) is 1.25. The van der Waals surface area contributed by atoms with Crippen molar-refractivity contribution in [1.82, 2.24) is 5.32 Å². The van der Waals surface area contributed by atoms with Gasteiger partial charge in [-0.1, -0.05) is 0 Å². The van der Waals surface area contributed by atoms with Gasteiger partial charge in [-0.25, -0.2) is 4.39 Å². The van der Waals surface area contributed by atoms with Gasteiger partial charge >= 0.3 is 0 Å². The zero-order valence-electron chi connectivity index (χ0n) is 9.54. The third kappa shape index (κ3) is 4.30. The Balaban J connectivity index is 2.79. The van der Waals surface area contributed by atoms with Gasteiger partial charge in [0.15, 0.2) is 0 Å². The Kier molecular flexibility index (Phi) is 5.61. The molecule has 1 rings (SSSR count). The molecule has 1 unspecified atom stereocenters. The van der Waals surface area contributed by atoms with Crippen molar-refractivity contribution in [3.63, 3.8) is 0 Å². The lowest BCUT2D eigenvalue weighted by molar-refractivity contribution is -0.124. The summed E-state index contributed by atoms with van der Waals surface area (Å²) < 4.78 is 13.6. The summed E-state index contributed by atoms with van der Waals surface area (Å²) in [6.07, 6.45) is 0. The molecule has 0 saturated carbocycles. The molecule has 1 aromatic rings. The summed E-state index contributed by atoms with van der Waals surface area (Å²) in [5.41, 5.74) is 0.303. The van der Waals surface area contributed by atoms with Crippen LogP contribution >= 0.6 is 28.6 Å². The van der Waals surface area contributed by atoms with Gasteiger partial charge in [0.1, 0.15) is 11.9 Å². The van der Waals surface area contributed by atoms with Gasteiger partial charge in [0.25, 0.3) is 0 Å². The predicted molar refractivity (Wildman–Crippen MR) is 74.2 cm³/mol. The van der Waals surface area contributed by atoms with Crippen molar-refractivity contribution < 1.29 is 14.0 Å². The molecule has 2 N–H and O–H groups in total. The van der Waals surface area contributed by atoms with E-state index in [0.29, 0.717) is 10.2 Å². The van der Waals surface area contributed by atoms with Crippen molar-refractivity contribution in [2.24, 2.45) is 0 Å². The van der Waals surface area contributed by atoms with Crippen LogP contribution in [0.3, 0.4) is 0 Å². The standard InChI is InChI=1S/C11H12BrFN2O2S/c1-6(16)14-10(5-18)11(17)15-9-4-7(13)2-3-8(9)12/h2-4,10,18H,5H2,1H3,(H,14,16)(H,15,17). The summed E-state index contributed by atoms with van der Waals surface area (Å²) in [6.45, 7) is 1.31. The summed E-state index contributed by atoms with van der Waals surface area (Å²) in [7, 11) is 0. The minimum atomic E-state index is -0.763. The quantitative estimate of drug-likeness (QED) is 0.737. The summed E-state index contributed by atoms with van der Waals surface area (Å²) in [6, 6.07) is 3.18. The number of carbonyl (C=O) groups excluding carboxylic acids is 2. The van der Waals surface area contributed by atoms with Crippen molar-refractivity contribution in [2.45, 2.75) is 13.0 Å². The van der Waals surface area contributed by atoms with Crippen molar-refractivity contribution in [1.29, 1.82) is 0 Å². The molecule has 18 heavy (non-hydrogen) atoms. The van der Waals surface area contributed by atoms with Crippen LogP contribution in [0.15, 0.2) is 22.7 Å². The maximum atomic E-state index is 13.0. The van der Waals surface area contributed by atoms with Crippen LogP contribution < -0.4 is 10.6 Å². The first-order valence-electron chi connectivity index (χ1n) is 5.08. The maximum Gasteiger partial charge on any atom is 0.247 e. The second kappa shape index (κ2) is 6.75. The van der Waals surface area contributed by atoms with Gasteiger partial charge in [0.05, 0.1) is 5.69 Å². The lowest BCUT2D eigenvalue weighted by atomic mass is 10.2. The zero-order chi connectivity index (χ0) is 13.7. The molecule has 0 spiro atoms. The average Bonchev–Trinajstić information content (AvgIpc) is 2.30. The fraction of sp³-hybridized carbons (Fsp3) is 0.273. The fourth-order valence-corrected chi connectivity index (χ4v) is 1.86. The molecule has 0 radical (unpaired) electrons. The molecule has 7 heteroatoms. The molecular weight excluding hydrogens is 323 g/mol. The number of anilines is 1. The van der Waals surface area contributed by atoms with Gasteiger partial charge in [0, 0.05) is 17.1 Å².